The van der Waals surface area contributed by atoms with Gasteiger partial charge in [0.05, 0.1) is 4.90 Å². The highest BCUT2D eigenvalue weighted by molar-refractivity contribution is 8.08. The third kappa shape index (κ3) is 3.13. The van der Waals surface area contributed by atoms with Crippen molar-refractivity contribution >= 4 is 31.4 Å². The summed E-state index contributed by atoms with van der Waals surface area (Å²) in [6.45, 7) is 1.82. The molecule has 0 aromatic heterocycles. The number of hydrogen-bond donors (Lipinski definition) is 0. The lowest BCUT2D eigenvalue weighted by Gasteiger charge is -2.03. The number of sulfone groups is 1. The number of aryl methyl sites for hydroxylation is 1. The summed E-state index contributed by atoms with van der Waals surface area (Å²) in [5.74, 6) is -0.853. The fraction of sp³-hybridized carbons (Fsp3) is 0.0526. The number of carbonyl (C=O) groups excluding carboxylic acids is 1. The van der Waals surface area contributed by atoms with Crippen LogP contribution in [-0.4, -0.2) is 24.0 Å². The number of rotatable bonds is 3. The Kier molecular flexibility index (Phi) is 4.31. The van der Waals surface area contributed by atoms with Gasteiger partial charge < -0.3 is 5.53 Å². The van der Waals surface area contributed by atoms with Gasteiger partial charge in [-0.2, -0.15) is 0 Å². The zero-order chi connectivity index (χ0) is 18.0. The lowest BCUT2D eigenvalue weighted by molar-refractivity contribution is -0.00158. The van der Waals surface area contributed by atoms with Gasteiger partial charge in [-0.3, -0.25) is 4.79 Å². The summed E-state index contributed by atoms with van der Waals surface area (Å²) in [5.41, 5.74) is 10.2. The van der Waals surface area contributed by atoms with Crippen LogP contribution in [-0.2, 0) is 9.84 Å². The summed E-state index contributed by atoms with van der Waals surface area (Å²) in [6, 6.07) is 18.2. The van der Waals surface area contributed by atoms with Gasteiger partial charge in [0, 0.05) is 5.56 Å². The van der Waals surface area contributed by atoms with Crippen molar-refractivity contribution in [1.82, 2.24) is 0 Å². The third-order valence-electron chi connectivity index (χ3n) is 3.88. The molecule has 3 aromatic carbocycles. The average Bonchev–Trinajstić information content (AvgIpc) is 2.62. The van der Waals surface area contributed by atoms with Crippen molar-refractivity contribution in [3.63, 3.8) is 0 Å². The van der Waals surface area contributed by atoms with E-state index in [0.717, 1.165) is 16.3 Å². The van der Waals surface area contributed by atoms with Crippen LogP contribution in [0.4, 0.5) is 0 Å². The molecule has 0 N–H and O–H groups in total. The SMILES string of the molecule is Cc1ccc(S(=O)(=O)C(=[N+]=[N-])C(=O)c2ccc3ccccc3c2)cc1. The van der Waals surface area contributed by atoms with E-state index in [1.54, 1.807) is 24.3 Å². The molecule has 0 heterocycles. The van der Waals surface area contributed by atoms with E-state index in [0.29, 0.717) is 0 Å². The molecule has 3 rings (SSSR count). The summed E-state index contributed by atoms with van der Waals surface area (Å²) >= 11 is 0. The van der Waals surface area contributed by atoms with Crippen LogP contribution in [0.3, 0.4) is 0 Å². The molecule has 0 aliphatic heterocycles. The van der Waals surface area contributed by atoms with Gasteiger partial charge in [-0.15, -0.1) is 4.79 Å². The molecule has 0 aliphatic rings. The zero-order valence-corrected chi connectivity index (χ0v) is 14.2. The number of nitrogens with zero attached hydrogens (tertiary/aromatic N) is 2. The molecule has 0 radical (unpaired) electrons. The molecule has 124 valence electrons. The van der Waals surface area contributed by atoms with Gasteiger partial charge in [0.25, 0.3) is 15.6 Å². The van der Waals surface area contributed by atoms with Crippen LogP contribution >= 0.6 is 0 Å². The van der Waals surface area contributed by atoms with Crippen LogP contribution in [0.1, 0.15) is 15.9 Å². The van der Waals surface area contributed by atoms with Crippen LogP contribution in [0.5, 0.6) is 0 Å². The number of hydrogen-bond acceptors (Lipinski definition) is 3. The summed E-state index contributed by atoms with van der Waals surface area (Å²) in [4.78, 5) is 15.3. The Morgan fingerprint density at radius 1 is 0.920 bits per heavy atom. The predicted octanol–water partition coefficient (Wildman–Crippen LogP) is 3.43. The summed E-state index contributed by atoms with van der Waals surface area (Å²) in [6.07, 6.45) is 0. The van der Waals surface area contributed by atoms with E-state index < -0.39 is 20.7 Å². The Morgan fingerprint density at radius 2 is 1.56 bits per heavy atom. The van der Waals surface area contributed by atoms with Gasteiger partial charge in [0.15, 0.2) is 0 Å². The Balaban J connectivity index is 2.06. The molecule has 0 atom stereocenters. The Hall–Kier alpha value is -3.08. The molecule has 0 spiro atoms. The lowest BCUT2D eigenvalue weighted by atomic mass is 10.0. The highest BCUT2D eigenvalue weighted by atomic mass is 32.2. The van der Waals surface area contributed by atoms with Crippen molar-refractivity contribution < 1.29 is 18.0 Å². The minimum absolute atomic E-state index is 0.0972. The van der Waals surface area contributed by atoms with Gasteiger partial charge in [0.2, 0.25) is 0 Å². The number of carbonyl (C=O) groups is 1. The highest BCUT2D eigenvalue weighted by Crippen LogP contribution is 2.19. The quantitative estimate of drug-likeness (QED) is 0.238. The van der Waals surface area contributed by atoms with Crippen molar-refractivity contribution in [3.05, 3.63) is 83.4 Å². The maximum absolute atomic E-state index is 12.6. The molecule has 5 nitrogen and oxygen atoms in total. The van der Waals surface area contributed by atoms with Crippen LogP contribution in [0, 0.1) is 6.92 Å². The molecule has 0 aliphatic carbocycles. The van der Waals surface area contributed by atoms with Gasteiger partial charge in [0.1, 0.15) is 0 Å². The van der Waals surface area contributed by atoms with Crippen molar-refractivity contribution in [2.75, 3.05) is 0 Å². The first-order valence-electron chi connectivity index (χ1n) is 7.51. The second kappa shape index (κ2) is 6.43. The van der Waals surface area contributed by atoms with Crippen molar-refractivity contribution in [3.8, 4) is 0 Å². The molecule has 6 heteroatoms. The standard InChI is InChI=1S/C19H14N2O3S/c1-13-6-10-17(11-7-13)25(23,24)19(21-20)18(22)16-9-8-14-4-2-3-5-15(14)12-16/h2-12H,1H3. The Labute approximate surface area is 145 Å². The lowest BCUT2D eigenvalue weighted by Crippen LogP contribution is -2.26. The van der Waals surface area contributed by atoms with E-state index in [4.69, 9.17) is 0 Å². The van der Waals surface area contributed by atoms with Gasteiger partial charge >= 0.3 is 5.04 Å². The third-order valence-corrected chi connectivity index (χ3v) is 5.55. The van der Waals surface area contributed by atoms with Crippen molar-refractivity contribution in [1.29, 1.82) is 0 Å². The van der Waals surface area contributed by atoms with E-state index in [9.17, 15) is 18.7 Å². The van der Waals surface area contributed by atoms with E-state index in [1.807, 2.05) is 31.2 Å². The Morgan fingerprint density at radius 3 is 2.20 bits per heavy atom. The van der Waals surface area contributed by atoms with E-state index in [-0.39, 0.29) is 10.5 Å². The van der Waals surface area contributed by atoms with Crippen molar-refractivity contribution in [2.24, 2.45) is 0 Å². The fourth-order valence-corrected chi connectivity index (χ4v) is 3.69. The van der Waals surface area contributed by atoms with E-state index in [1.165, 1.54) is 18.2 Å². The van der Waals surface area contributed by atoms with Crippen LogP contribution in [0.25, 0.3) is 16.3 Å². The normalized spacial score (nSPS) is 11.1. The second-order valence-corrected chi connectivity index (χ2v) is 7.48. The zero-order valence-electron chi connectivity index (χ0n) is 13.4. The summed E-state index contributed by atoms with van der Waals surface area (Å²) < 4.78 is 25.3. The van der Waals surface area contributed by atoms with Gasteiger partial charge in [-0.1, -0.05) is 54.1 Å². The van der Waals surface area contributed by atoms with Gasteiger partial charge in [-0.25, -0.2) is 8.42 Å². The molecule has 0 fully saturated rings. The maximum Gasteiger partial charge on any atom is 0.456 e. The Bertz CT molecular complexity index is 1130. The average molecular weight is 350 g/mol. The monoisotopic (exact) mass is 350 g/mol. The van der Waals surface area contributed by atoms with E-state index >= 15 is 0 Å². The van der Waals surface area contributed by atoms with Crippen LogP contribution in [0.2, 0.25) is 0 Å². The van der Waals surface area contributed by atoms with Crippen LogP contribution in [0.15, 0.2) is 71.6 Å². The van der Waals surface area contributed by atoms with Crippen molar-refractivity contribution in [2.45, 2.75) is 11.8 Å². The molecular weight excluding hydrogens is 336 g/mol. The minimum Gasteiger partial charge on any atom is -0.360 e. The molecular formula is C19H14N2O3S. The molecule has 3 aromatic rings. The second-order valence-electron chi connectivity index (χ2n) is 5.61. The largest absolute Gasteiger partial charge is 0.456 e. The molecule has 0 bridgehead atoms. The number of Topliss-reactive ketones (excluding diaryl/α,β-unsaturated/α-hetero) is 1. The molecule has 0 saturated heterocycles. The first kappa shape index (κ1) is 16.8. The number of benzene rings is 3. The number of fused-ring (bicyclic) bond motifs is 1. The smallest absolute Gasteiger partial charge is 0.360 e. The number of ketones is 1. The summed E-state index contributed by atoms with van der Waals surface area (Å²) in [7, 11) is -4.22. The van der Waals surface area contributed by atoms with Crippen LogP contribution < -0.4 is 0 Å². The first-order valence-corrected chi connectivity index (χ1v) is 8.99. The molecule has 25 heavy (non-hydrogen) atoms. The molecule has 0 amide bonds. The maximum atomic E-state index is 12.6. The first-order chi connectivity index (χ1) is 11.9. The van der Waals surface area contributed by atoms with Gasteiger partial charge in [-0.05, 0) is 35.9 Å². The highest BCUT2D eigenvalue weighted by Gasteiger charge is 2.38. The predicted molar refractivity (Wildman–Crippen MR) is 95.3 cm³/mol. The molecule has 0 saturated carbocycles. The fourth-order valence-electron chi connectivity index (χ4n) is 2.50. The topological polar surface area (TPSA) is 87.6 Å². The minimum atomic E-state index is -4.22. The molecule has 0 unspecified atom stereocenters. The van der Waals surface area contributed by atoms with E-state index in [2.05, 4.69) is 4.79 Å². The summed E-state index contributed by atoms with van der Waals surface area (Å²) in [5, 5.41) is 0.813.